The van der Waals surface area contributed by atoms with E-state index in [4.69, 9.17) is 5.26 Å². The molecule has 2 aliphatic carbocycles. The van der Waals surface area contributed by atoms with Crippen LogP contribution in [0.5, 0.6) is 0 Å². The average Bonchev–Trinajstić information content (AvgIpc) is 2.87. The van der Waals surface area contributed by atoms with Gasteiger partial charge >= 0.3 is 0 Å². The highest BCUT2D eigenvalue weighted by Crippen LogP contribution is 2.44. The SMILES string of the molecule is C=CCC[C@H]1CC[C@H]([C@H]2CC[C@H](c3ccc(C#Cc4ccc(C#N)cc4)cc3)CC2)CC1. The molecule has 32 heavy (non-hydrogen) atoms. The third kappa shape index (κ3) is 5.93. The van der Waals surface area contributed by atoms with Crippen LogP contribution in [0.15, 0.2) is 61.2 Å². The number of nitriles is 1. The molecule has 0 radical (unpaired) electrons. The molecule has 4 rings (SSSR count). The fourth-order valence-corrected chi connectivity index (χ4v) is 5.84. The van der Waals surface area contributed by atoms with E-state index in [2.05, 4.69) is 54.8 Å². The molecule has 0 aromatic heterocycles. The fraction of sp³-hybridized carbons (Fsp3) is 0.452. The van der Waals surface area contributed by atoms with Gasteiger partial charge in [-0.05, 0) is 117 Å². The Balaban J connectivity index is 1.26. The van der Waals surface area contributed by atoms with Gasteiger partial charge in [-0.15, -0.1) is 6.58 Å². The van der Waals surface area contributed by atoms with Crippen LogP contribution in [0.3, 0.4) is 0 Å². The van der Waals surface area contributed by atoms with E-state index < -0.39 is 0 Å². The molecule has 0 spiro atoms. The molecule has 0 heterocycles. The molecular weight excluding hydrogens is 386 g/mol. The van der Waals surface area contributed by atoms with Crippen LogP contribution >= 0.6 is 0 Å². The maximum atomic E-state index is 8.90. The lowest BCUT2D eigenvalue weighted by atomic mass is 9.68. The lowest BCUT2D eigenvalue weighted by Gasteiger charge is -2.38. The zero-order chi connectivity index (χ0) is 22.2. The van der Waals surface area contributed by atoms with Crippen molar-refractivity contribution in [1.29, 1.82) is 5.26 Å². The van der Waals surface area contributed by atoms with Crippen LogP contribution in [0.25, 0.3) is 0 Å². The van der Waals surface area contributed by atoms with Crippen molar-refractivity contribution in [2.75, 3.05) is 0 Å². The first-order chi connectivity index (χ1) is 15.7. The largest absolute Gasteiger partial charge is 0.192 e. The third-order valence-electron chi connectivity index (χ3n) is 7.86. The number of hydrogen-bond donors (Lipinski definition) is 0. The van der Waals surface area contributed by atoms with Crippen molar-refractivity contribution in [1.82, 2.24) is 0 Å². The summed E-state index contributed by atoms with van der Waals surface area (Å²) in [5.74, 6) is 10.1. The Kier molecular flexibility index (Phi) is 7.85. The highest BCUT2D eigenvalue weighted by Gasteiger charge is 2.31. The fourth-order valence-electron chi connectivity index (χ4n) is 5.84. The second kappa shape index (κ2) is 11.2. The average molecular weight is 422 g/mol. The third-order valence-corrected chi connectivity index (χ3v) is 7.86. The minimum Gasteiger partial charge on any atom is -0.192 e. The molecule has 0 N–H and O–H groups in total. The molecule has 2 aliphatic rings. The van der Waals surface area contributed by atoms with Crippen molar-refractivity contribution in [2.24, 2.45) is 17.8 Å². The molecule has 2 fully saturated rings. The molecule has 164 valence electrons. The molecular formula is C31H35N. The molecule has 0 amide bonds. The second-order valence-corrected chi connectivity index (χ2v) is 9.82. The van der Waals surface area contributed by atoms with Crippen molar-refractivity contribution in [3.8, 4) is 17.9 Å². The van der Waals surface area contributed by atoms with Crippen LogP contribution < -0.4 is 0 Å². The Bertz CT molecular complexity index is 964. The minimum absolute atomic E-state index is 0.672. The summed E-state index contributed by atoms with van der Waals surface area (Å²) in [6.45, 7) is 3.88. The Morgan fingerprint density at radius 1 is 0.719 bits per heavy atom. The summed E-state index contributed by atoms with van der Waals surface area (Å²) >= 11 is 0. The van der Waals surface area contributed by atoms with Gasteiger partial charge in [0.2, 0.25) is 0 Å². The monoisotopic (exact) mass is 421 g/mol. The summed E-state index contributed by atoms with van der Waals surface area (Å²) in [6, 6.07) is 18.5. The van der Waals surface area contributed by atoms with Gasteiger partial charge in [-0.2, -0.15) is 5.26 Å². The van der Waals surface area contributed by atoms with E-state index in [1.54, 1.807) is 0 Å². The van der Waals surface area contributed by atoms with Crippen LogP contribution in [-0.2, 0) is 0 Å². The molecule has 0 aliphatic heterocycles. The zero-order valence-corrected chi connectivity index (χ0v) is 19.2. The summed E-state index contributed by atoms with van der Waals surface area (Å²) in [5.41, 5.74) is 4.16. The molecule has 0 saturated heterocycles. The van der Waals surface area contributed by atoms with Crippen LogP contribution in [0.4, 0.5) is 0 Å². The lowest BCUT2D eigenvalue weighted by Crippen LogP contribution is -2.25. The van der Waals surface area contributed by atoms with Gasteiger partial charge < -0.3 is 0 Å². The standard InChI is InChI=1S/C31H35N/c1-2-3-4-24-11-15-28(16-12-24)30-19-21-31(22-20-30)29-17-13-26(14-18-29)6-5-25-7-9-27(23-32)10-8-25/h2,7-10,13-14,17-18,24,28,30-31H,1,3-4,11-12,15-16,19-22H2/t24-,28-,30-,31-. The Morgan fingerprint density at radius 2 is 1.22 bits per heavy atom. The van der Waals surface area contributed by atoms with E-state index in [0.29, 0.717) is 5.56 Å². The van der Waals surface area contributed by atoms with Crippen molar-refractivity contribution in [2.45, 2.75) is 70.1 Å². The van der Waals surface area contributed by atoms with Crippen molar-refractivity contribution >= 4 is 0 Å². The van der Waals surface area contributed by atoms with Gasteiger partial charge in [-0.3, -0.25) is 0 Å². The lowest BCUT2D eigenvalue weighted by molar-refractivity contribution is 0.157. The number of hydrogen-bond acceptors (Lipinski definition) is 1. The molecule has 1 nitrogen and oxygen atoms in total. The summed E-state index contributed by atoms with van der Waals surface area (Å²) in [5, 5.41) is 8.90. The summed E-state index contributed by atoms with van der Waals surface area (Å²) in [6.07, 6.45) is 16.0. The molecule has 0 unspecified atom stereocenters. The van der Waals surface area contributed by atoms with Crippen LogP contribution in [-0.4, -0.2) is 0 Å². The Labute approximate surface area is 194 Å². The smallest absolute Gasteiger partial charge is 0.0991 e. The Morgan fingerprint density at radius 3 is 1.75 bits per heavy atom. The molecule has 0 atom stereocenters. The van der Waals surface area contributed by atoms with Gasteiger partial charge in [0.05, 0.1) is 11.6 Å². The van der Waals surface area contributed by atoms with E-state index >= 15 is 0 Å². The second-order valence-electron chi connectivity index (χ2n) is 9.82. The summed E-state index contributed by atoms with van der Waals surface area (Å²) in [4.78, 5) is 0. The zero-order valence-electron chi connectivity index (χ0n) is 19.2. The maximum Gasteiger partial charge on any atom is 0.0991 e. The van der Waals surface area contributed by atoms with Crippen molar-refractivity contribution in [3.05, 3.63) is 83.4 Å². The van der Waals surface area contributed by atoms with Crippen molar-refractivity contribution < 1.29 is 0 Å². The molecule has 2 aromatic carbocycles. The van der Waals surface area contributed by atoms with Gasteiger partial charge in [-0.25, -0.2) is 0 Å². The Hall–Kier alpha value is -2.77. The highest BCUT2D eigenvalue weighted by molar-refractivity contribution is 5.45. The molecule has 2 saturated carbocycles. The van der Waals surface area contributed by atoms with Gasteiger partial charge in [0.25, 0.3) is 0 Å². The van der Waals surface area contributed by atoms with Gasteiger partial charge in [0.15, 0.2) is 0 Å². The van der Waals surface area contributed by atoms with Crippen molar-refractivity contribution in [3.63, 3.8) is 0 Å². The van der Waals surface area contributed by atoms with E-state index in [1.807, 2.05) is 24.3 Å². The van der Waals surface area contributed by atoms with Crippen LogP contribution in [0.1, 0.15) is 92.4 Å². The number of nitrogens with zero attached hydrogens (tertiary/aromatic N) is 1. The summed E-state index contributed by atoms with van der Waals surface area (Å²) in [7, 11) is 0. The van der Waals surface area contributed by atoms with E-state index in [0.717, 1.165) is 34.8 Å². The molecule has 1 heteroatoms. The van der Waals surface area contributed by atoms with E-state index in [-0.39, 0.29) is 0 Å². The molecule has 0 bridgehead atoms. The van der Waals surface area contributed by atoms with Crippen LogP contribution in [0, 0.1) is 40.9 Å². The topological polar surface area (TPSA) is 23.8 Å². The quantitative estimate of drug-likeness (QED) is 0.354. The predicted molar refractivity (Wildman–Crippen MR) is 133 cm³/mol. The van der Waals surface area contributed by atoms with E-state index in [1.165, 1.54) is 69.8 Å². The predicted octanol–water partition coefficient (Wildman–Crippen LogP) is 8.00. The number of benzene rings is 2. The normalized spacial score (nSPS) is 25.2. The van der Waals surface area contributed by atoms with E-state index in [9.17, 15) is 0 Å². The first-order valence-electron chi connectivity index (χ1n) is 12.5. The van der Waals surface area contributed by atoms with Crippen LogP contribution in [0.2, 0.25) is 0 Å². The van der Waals surface area contributed by atoms with Gasteiger partial charge in [0.1, 0.15) is 0 Å². The molecule has 2 aromatic rings. The van der Waals surface area contributed by atoms with Gasteiger partial charge in [-0.1, -0.05) is 42.9 Å². The number of rotatable bonds is 5. The first kappa shape index (κ1) is 22.4. The minimum atomic E-state index is 0.672. The number of allylic oxidation sites excluding steroid dienone is 1. The maximum absolute atomic E-state index is 8.90. The van der Waals surface area contributed by atoms with Gasteiger partial charge in [0, 0.05) is 11.1 Å². The highest BCUT2D eigenvalue weighted by atomic mass is 14.4. The first-order valence-corrected chi connectivity index (χ1v) is 12.5. The summed E-state index contributed by atoms with van der Waals surface area (Å²) < 4.78 is 0.